The van der Waals surface area contributed by atoms with E-state index in [2.05, 4.69) is 4.99 Å². The topological polar surface area (TPSA) is 73.4 Å². The third-order valence-electron chi connectivity index (χ3n) is 2.88. The van der Waals surface area contributed by atoms with Gasteiger partial charge in [0.25, 0.3) is 10.0 Å². The van der Waals surface area contributed by atoms with Gasteiger partial charge < -0.3 is 0 Å². The van der Waals surface area contributed by atoms with E-state index in [9.17, 15) is 22.0 Å². The predicted molar refractivity (Wildman–Crippen MR) is 75.1 cm³/mol. The van der Waals surface area contributed by atoms with Gasteiger partial charge in [0.15, 0.2) is 11.3 Å². The lowest BCUT2D eigenvalue weighted by Gasteiger charge is -2.11. The summed E-state index contributed by atoms with van der Waals surface area (Å²) in [5.41, 5.74) is -1.34. The second-order valence-electron chi connectivity index (χ2n) is 4.24. The third kappa shape index (κ3) is 2.57. The Kier molecular flexibility index (Phi) is 4.21. The van der Waals surface area contributed by atoms with Gasteiger partial charge in [0.1, 0.15) is 10.7 Å². The molecule has 10 heteroatoms. The molecule has 6 nitrogen and oxygen atoms in total. The predicted octanol–water partition coefficient (Wildman–Crippen LogP) is 0.886. The Labute approximate surface area is 129 Å². The molecule has 2 rings (SSSR count). The summed E-state index contributed by atoms with van der Waals surface area (Å²) in [6, 6.07) is 2.55. The summed E-state index contributed by atoms with van der Waals surface area (Å²) in [6.45, 7) is 0. The third-order valence-corrected chi connectivity index (χ3v) is 5.00. The number of hydrogen-bond donors (Lipinski definition) is 0. The fourth-order valence-electron chi connectivity index (χ4n) is 1.83. The van der Waals surface area contributed by atoms with Crippen molar-refractivity contribution in [2.24, 2.45) is 12.0 Å². The van der Waals surface area contributed by atoms with Gasteiger partial charge in [-0.3, -0.25) is 9.56 Å². The first-order valence-corrected chi connectivity index (χ1v) is 7.63. The van der Waals surface area contributed by atoms with Gasteiger partial charge in [-0.15, -0.1) is 0 Å². The van der Waals surface area contributed by atoms with E-state index in [1.807, 2.05) is 0 Å². The highest BCUT2D eigenvalue weighted by atomic mass is 35.5. The summed E-state index contributed by atoms with van der Waals surface area (Å²) in [4.78, 5) is 15.1. The summed E-state index contributed by atoms with van der Waals surface area (Å²) in [6.07, 6.45) is 0.500. The van der Waals surface area contributed by atoms with E-state index in [1.165, 1.54) is 14.1 Å². The molecular formula is C12H10ClF2N3O3S. The maximum atomic E-state index is 13.9. The standard InChI is InChI=1S/C12H10ClF2N3O3S/c1-16-11-9(15)6-18(12(19)17(11)2)22(20,21)10-4-3-7(14)5-8(10)13/h3-6H,1-2H3. The maximum absolute atomic E-state index is 13.9. The smallest absolute Gasteiger partial charge is 0.278 e. The molecule has 1 heterocycles. The second kappa shape index (κ2) is 5.65. The molecule has 1 aromatic heterocycles. The van der Waals surface area contributed by atoms with Crippen LogP contribution in [0.2, 0.25) is 5.02 Å². The molecule has 0 aliphatic carbocycles. The summed E-state index contributed by atoms with van der Waals surface area (Å²) in [7, 11) is -2.05. The molecule has 0 saturated heterocycles. The highest BCUT2D eigenvalue weighted by Gasteiger charge is 2.24. The number of nitrogens with zero attached hydrogens (tertiary/aromatic N) is 3. The van der Waals surface area contributed by atoms with Crippen LogP contribution in [0, 0.1) is 11.6 Å². The van der Waals surface area contributed by atoms with E-state index in [0.717, 1.165) is 22.8 Å². The molecule has 0 atom stereocenters. The van der Waals surface area contributed by atoms with Gasteiger partial charge in [0, 0.05) is 14.1 Å². The maximum Gasteiger partial charge on any atom is 0.343 e. The van der Waals surface area contributed by atoms with Crippen molar-refractivity contribution in [2.75, 3.05) is 7.05 Å². The lowest BCUT2D eigenvalue weighted by atomic mass is 10.3. The molecular weight excluding hydrogens is 340 g/mol. The van der Waals surface area contributed by atoms with Crippen LogP contribution in [0.15, 0.2) is 39.1 Å². The Morgan fingerprint density at radius 3 is 2.45 bits per heavy atom. The van der Waals surface area contributed by atoms with Gasteiger partial charge in [0.2, 0.25) is 0 Å². The van der Waals surface area contributed by atoms with Crippen LogP contribution in [0.3, 0.4) is 0 Å². The van der Waals surface area contributed by atoms with Crippen molar-refractivity contribution in [3.8, 4) is 0 Å². The molecule has 1 aromatic carbocycles. The number of rotatable bonds is 2. The molecule has 2 aromatic rings. The molecule has 0 radical (unpaired) electrons. The first-order valence-electron chi connectivity index (χ1n) is 5.81. The first-order chi connectivity index (χ1) is 10.2. The van der Waals surface area contributed by atoms with Crippen LogP contribution in [0.25, 0.3) is 0 Å². The van der Waals surface area contributed by atoms with Gasteiger partial charge in [-0.05, 0) is 18.2 Å². The Bertz CT molecular complexity index is 980. The average Bonchev–Trinajstić information content (AvgIpc) is 2.42. The molecule has 0 unspecified atom stereocenters. The van der Waals surface area contributed by atoms with E-state index < -0.39 is 37.3 Å². The zero-order chi connectivity index (χ0) is 16.7. The van der Waals surface area contributed by atoms with Crippen LogP contribution in [0.1, 0.15) is 0 Å². The minimum Gasteiger partial charge on any atom is -0.278 e. The normalized spacial score (nSPS) is 12.7. The van der Waals surface area contributed by atoms with Gasteiger partial charge in [0.05, 0.1) is 11.2 Å². The monoisotopic (exact) mass is 349 g/mol. The molecule has 22 heavy (non-hydrogen) atoms. The highest BCUT2D eigenvalue weighted by molar-refractivity contribution is 7.90. The molecule has 0 N–H and O–H groups in total. The van der Waals surface area contributed by atoms with Crippen LogP contribution in [-0.2, 0) is 17.1 Å². The van der Waals surface area contributed by atoms with Crippen molar-refractivity contribution < 1.29 is 17.2 Å². The molecule has 0 aliphatic rings. The quantitative estimate of drug-likeness (QED) is 0.808. The number of hydrogen-bond acceptors (Lipinski definition) is 4. The lowest BCUT2D eigenvalue weighted by Crippen LogP contribution is -2.42. The highest BCUT2D eigenvalue weighted by Crippen LogP contribution is 2.23. The van der Waals surface area contributed by atoms with Crippen LogP contribution in [0.4, 0.5) is 8.78 Å². The minimum absolute atomic E-state index is 0.191. The van der Waals surface area contributed by atoms with E-state index in [1.54, 1.807) is 0 Å². The lowest BCUT2D eigenvalue weighted by molar-refractivity contribution is 0.537. The van der Waals surface area contributed by atoms with E-state index >= 15 is 0 Å². The summed E-state index contributed by atoms with van der Waals surface area (Å²) in [5.74, 6) is -1.75. The van der Waals surface area contributed by atoms with Crippen molar-refractivity contribution in [1.82, 2.24) is 8.54 Å². The minimum atomic E-state index is -4.48. The van der Waals surface area contributed by atoms with Gasteiger partial charge >= 0.3 is 5.69 Å². The van der Waals surface area contributed by atoms with Crippen LogP contribution < -0.4 is 11.2 Å². The SMILES string of the molecule is CN=c1c(F)cn(S(=O)(=O)c2ccc(F)cc2Cl)c(=O)n1C. The van der Waals surface area contributed by atoms with Crippen LogP contribution in [0.5, 0.6) is 0 Å². The van der Waals surface area contributed by atoms with Crippen molar-refractivity contribution in [3.05, 3.63) is 57.0 Å². The molecule has 0 spiro atoms. The number of aromatic nitrogens is 2. The first kappa shape index (κ1) is 16.4. The van der Waals surface area contributed by atoms with Gasteiger partial charge in [-0.1, -0.05) is 11.6 Å². The van der Waals surface area contributed by atoms with E-state index in [0.29, 0.717) is 6.20 Å². The second-order valence-corrected chi connectivity index (χ2v) is 6.43. The van der Waals surface area contributed by atoms with Gasteiger partial charge in [-0.2, -0.15) is 3.97 Å². The van der Waals surface area contributed by atoms with Gasteiger partial charge in [-0.25, -0.2) is 22.0 Å². The Morgan fingerprint density at radius 2 is 1.91 bits per heavy atom. The molecule has 118 valence electrons. The zero-order valence-corrected chi connectivity index (χ0v) is 13.0. The Balaban J connectivity index is 2.84. The average molecular weight is 350 g/mol. The summed E-state index contributed by atoms with van der Waals surface area (Å²) >= 11 is 5.70. The summed E-state index contributed by atoms with van der Waals surface area (Å²) < 4.78 is 52.7. The molecule has 0 aliphatic heterocycles. The van der Waals surface area contributed by atoms with Crippen molar-refractivity contribution in [1.29, 1.82) is 0 Å². The molecule has 0 fully saturated rings. The Morgan fingerprint density at radius 1 is 1.27 bits per heavy atom. The molecule has 0 bridgehead atoms. The fraction of sp³-hybridized carbons (Fsp3) is 0.167. The van der Waals surface area contributed by atoms with Crippen molar-refractivity contribution in [3.63, 3.8) is 0 Å². The van der Waals surface area contributed by atoms with Crippen molar-refractivity contribution in [2.45, 2.75) is 4.90 Å². The largest absolute Gasteiger partial charge is 0.343 e. The van der Waals surface area contributed by atoms with E-state index in [4.69, 9.17) is 11.6 Å². The number of halogens is 3. The molecule has 0 amide bonds. The molecule has 0 saturated carbocycles. The van der Waals surface area contributed by atoms with Crippen LogP contribution >= 0.6 is 11.6 Å². The fourth-order valence-corrected chi connectivity index (χ4v) is 3.61. The van der Waals surface area contributed by atoms with E-state index in [-0.39, 0.29) is 9.46 Å². The number of benzene rings is 1. The zero-order valence-electron chi connectivity index (χ0n) is 11.4. The summed E-state index contributed by atoms with van der Waals surface area (Å²) in [5, 5.41) is -0.417. The van der Waals surface area contributed by atoms with Crippen molar-refractivity contribution >= 4 is 21.6 Å². The Hall–Kier alpha value is -2.00. The van der Waals surface area contributed by atoms with Crippen LogP contribution in [-0.4, -0.2) is 24.0 Å².